The van der Waals surface area contributed by atoms with Gasteiger partial charge in [0.25, 0.3) is 0 Å². The van der Waals surface area contributed by atoms with Crippen molar-refractivity contribution in [2.75, 3.05) is 0 Å². The molecule has 4 heteroatoms. The SMILES string of the molecule is CCC(C)C(C)NC(C)c1ccc(Cl)c(Cl)c1Cl. The van der Waals surface area contributed by atoms with Gasteiger partial charge in [-0.1, -0.05) is 61.1 Å². The van der Waals surface area contributed by atoms with Crippen molar-refractivity contribution >= 4 is 34.8 Å². The second kappa shape index (κ2) is 7.00. The molecule has 3 unspecified atom stereocenters. The van der Waals surface area contributed by atoms with Crippen molar-refractivity contribution in [3.8, 4) is 0 Å². The maximum Gasteiger partial charge on any atom is 0.0781 e. The summed E-state index contributed by atoms with van der Waals surface area (Å²) in [5.41, 5.74) is 0.987. The quantitative estimate of drug-likeness (QED) is 0.685. The number of hydrogen-bond acceptors (Lipinski definition) is 1. The van der Waals surface area contributed by atoms with Gasteiger partial charge in [-0.25, -0.2) is 0 Å². The Balaban J connectivity index is 2.85. The van der Waals surface area contributed by atoms with E-state index in [1.807, 2.05) is 6.07 Å². The first-order chi connectivity index (χ1) is 8.38. The van der Waals surface area contributed by atoms with Crippen LogP contribution >= 0.6 is 34.8 Å². The van der Waals surface area contributed by atoms with Crippen LogP contribution in [0.25, 0.3) is 0 Å². The minimum atomic E-state index is 0.149. The molecule has 0 amide bonds. The lowest BCUT2D eigenvalue weighted by Crippen LogP contribution is -2.34. The predicted molar refractivity (Wildman–Crippen MR) is 81.9 cm³/mol. The van der Waals surface area contributed by atoms with E-state index in [0.29, 0.717) is 27.0 Å². The molecule has 0 fully saturated rings. The highest BCUT2D eigenvalue weighted by Gasteiger charge is 2.18. The summed E-state index contributed by atoms with van der Waals surface area (Å²) in [6, 6.07) is 4.29. The van der Waals surface area contributed by atoms with Crippen LogP contribution in [0.15, 0.2) is 12.1 Å². The van der Waals surface area contributed by atoms with Crippen LogP contribution in [0.5, 0.6) is 0 Å². The number of benzene rings is 1. The molecule has 3 atom stereocenters. The van der Waals surface area contributed by atoms with E-state index in [4.69, 9.17) is 34.8 Å². The summed E-state index contributed by atoms with van der Waals surface area (Å²) in [6.07, 6.45) is 1.15. The minimum Gasteiger partial charge on any atom is -0.307 e. The van der Waals surface area contributed by atoms with E-state index in [2.05, 4.69) is 33.0 Å². The smallest absolute Gasteiger partial charge is 0.0781 e. The van der Waals surface area contributed by atoms with Crippen molar-refractivity contribution < 1.29 is 0 Å². The average Bonchev–Trinajstić information content (AvgIpc) is 2.34. The first kappa shape index (κ1) is 16.1. The highest BCUT2D eigenvalue weighted by atomic mass is 35.5. The van der Waals surface area contributed by atoms with Crippen LogP contribution in [0.1, 0.15) is 45.7 Å². The third-order valence-electron chi connectivity index (χ3n) is 3.54. The molecule has 0 radical (unpaired) electrons. The Kier molecular flexibility index (Phi) is 6.26. The Morgan fingerprint density at radius 3 is 2.22 bits per heavy atom. The molecule has 0 bridgehead atoms. The predicted octanol–water partition coefficient (Wildman–Crippen LogP) is 5.73. The van der Waals surface area contributed by atoms with Crippen LogP contribution in [0.3, 0.4) is 0 Å². The van der Waals surface area contributed by atoms with Crippen molar-refractivity contribution in [1.29, 1.82) is 0 Å². The Hall–Kier alpha value is 0.0500. The molecule has 1 rings (SSSR count). The Morgan fingerprint density at radius 2 is 1.67 bits per heavy atom. The molecular weight excluding hydrogens is 289 g/mol. The van der Waals surface area contributed by atoms with Gasteiger partial charge in [0.1, 0.15) is 0 Å². The number of rotatable bonds is 5. The van der Waals surface area contributed by atoms with Crippen LogP contribution in [-0.2, 0) is 0 Å². The molecule has 0 heterocycles. The topological polar surface area (TPSA) is 12.0 Å². The molecular formula is C14H20Cl3N. The molecule has 0 spiro atoms. The second-order valence-electron chi connectivity index (χ2n) is 4.83. The van der Waals surface area contributed by atoms with E-state index < -0.39 is 0 Å². The maximum absolute atomic E-state index is 6.23. The fraction of sp³-hybridized carbons (Fsp3) is 0.571. The first-order valence-electron chi connectivity index (χ1n) is 6.27. The van der Waals surface area contributed by atoms with E-state index in [-0.39, 0.29) is 6.04 Å². The van der Waals surface area contributed by atoms with Gasteiger partial charge in [0, 0.05) is 12.1 Å². The Morgan fingerprint density at radius 1 is 1.06 bits per heavy atom. The summed E-state index contributed by atoms with van der Waals surface area (Å²) in [4.78, 5) is 0. The number of nitrogens with one attached hydrogen (secondary N) is 1. The van der Waals surface area contributed by atoms with Gasteiger partial charge in [-0.3, -0.25) is 0 Å². The molecule has 1 aromatic rings. The van der Waals surface area contributed by atoms with E-state index in [1.165, 1.54) is 0 Å². The minimum absolute atomic E-state index is 0.149. The van der Waals surface area contributed by atoms with Crippen molar-refractivity contribution in [3.63, 3.8) is 0 Å². The summed E-state index contributed by atoms with van der Waals surface area (Å²) in [5.74, 6) is 0.619. The molecule has 0 saturated heterocycles. The van der Waals surface area contributed by atoms with Gasteiger partial charge in [0.15, 0.2) is 0 Å². The first-order valence-corrected chi connectivity index (χ1v) is 7.41. The molecule has 102 valence electrons. The normalized spacial score (nSPS) is 16.4. The summed E-state index contributed by atoms with van der Waals surface area (Å²) < 4.78 is 0. The van der Waals surface area contributed by atoms with Gasteiger partial charge in [0.05, 0.1) is 15.1 Å². The molecule has 0 saturated carbocycles. The van der Waals surface area contributed by atoms with Crippen molar-refractivity contribution in [3.05, 3.63) is 32.8 Å². The van der Waals surface area contributed by atoms with Crippen LogP contribution in [0.4, 0.5) is 0 Å². The zero-order valence-electron chi connectivity index (χ0n) is 11.2. The molecule has 18 heavy (non-hydrogen) atoms. The Bertz CT molecular complexity index is 406. The molecule has 0 aromatic heterocycles. The highest BCUT2D eigenvalue weighted by molar-refractivity contribution is 6.48. The zero-order chi connectivity index (χ0) is 13.9. The van der Waals surface area contributed by atoms with Gasteiger partial charge < -0.3 is 5.32 Å². The van der Waals surface area contributed by atoms with Crippen LogP contribution in [0, 0.1) is 5.92 Å². The van der Waals surface area contributed by atoms with Crippen molar-refractivity contribution in [2.45, 2.75) is 46.2 Å². The fourth-order valence-electron chi connectivity index (χ4n) is 1.88. The van der Waals surface area contributed by atoms with Crippen molar-refractivity contribution in [2.24, 2.45) is 5.92 Å². The highest BCUT2D eigenvalue weighted by Crippen LogP contribution is 2.35. The van der Waals surface area contributed by atoms with E-state index in [1.54, 1.807) is 6.07 Å². The Labute approximate surface area is 125 Å². The zero-order valence-corrected chi connectivity index (χ0v) is 13.5. The second-order valence-corrected chi connectivity index (χ2v) is 5.99. The summed E-state index contributed by atoms with van der Waals surface area (Å²) >= 11 is 18.2. The molecule has 1 nitrogen and oxygen atoms in total. The van der Waals surface area contributed by atoms with E-state index in [0.717, 1.165) is 12.0 Å². The summed E-state index contributed by atoms with van der Waals surface area (Å²) in [5, 5.41) is 5.01. The molecule has 1 aromatic carbocycles. The van der Waals surface area contributed by atoms with Gasteiger partial charge in [-0.2, -0.15) is 0 Å². The summed E-state index contributed by atoms with van der Waals surface area (Å²) in [6.45, 7) is 8.71. The number of halogens is 3. The van der Waals surface area contributed by atoms with E-state index in [9.17, 15) is 0 Å². The lowest BCUT2D eigenvalue weighted by Gasteiger charge is -2.25. The third kappa shape index (κ3) is 3.77. The third-order valence-corrected chi connectivity index (χ3v) is 4.85. The van der Waals surface area contributed by atoms with Gasteiger partial charge in [0.2, 0.25) is 0 Å². The lowest BCUT2D eigenvalue weighted by molar-refractivity contribution is 0.360. The van der Waals surface area contributed by atoms with Gasteiger partial charge >= 0.3 is 0 Å². The van der Waals surface area contributed by atoms with Crippen LogP contribution in [0.2, 0.25) is 15.1 Å². The van der Waals surface area contributed by atoms with Gasteiger partial charge in [-0.15, -0.1) is 0 Å². The monoisotopic (exact) mass is 307 g/mol. The molecule has 0 aliphatic heterocycles. The summed E-state index contributed by atoms with van der Waals surface area (Å²) in [7, 11) is 0. The molecule has 1 N–H and O–H groups in total. The average molecular weight is 309 g/mol. The van der Waals surface area contributed by atoms with Crippen molar-refractivity contribution in [1.82, 2.24) is 5.32 Å². The largest absolute Gasteiger partial charge is 0.307 e. The standard InChI is InChI=1S/C14H20Cl3N/c1-5-8(2)9(3)18-10(4)11-6-7-12(15)14(17)13(11)16/h6-10,18H,5H2,1-4H3. The molecule has 0 aliphatic carbocycles. The lowest BCUT2D eigenvalue weighted by atomic mass is 9.99. The molecule has 0 aliphatic rings. The fourth-order valence-corrected chi connectivity index (χ4v) is 2.58. The van der Waals surface area contributed by atoms with Gasteiger partial charge in [-0.05, 0) is 31.4 Å². The van der Waals surface area contributed by atoms with E-state index >= 15 is 0 Å². The van der Waals surface area contributed by atoms with Crippen LogP contribution in [-0.4, -0.2) is 6.04 Å². The maximum atomic E-state index is 6.23. The van der Waals surface area contributed by atoms with Crippen LogP contribution < -0.4 is 5.32 Å². The number of hydrogen-bond donors (Lipinski definition) is 1.